The number of hydrogen-bond donors (Lipinski definition) is 2. The van der Waals surface area contributed by atoms with Crippen LogP contribution in [0.5, 0.6) is 5.75 Å². The van der Waals surface area contributed by atoms with Gasteiger partial charge in [0.05, 0.1) is 24.8 Å². The molecule has 1 aliphatic heterocycles. The van der Waals surface area contributed by atoms with Gasteiger partial charge in [-0.3, -0.25) is 0 Å². The van der Waals surface area contributed by atoms with Crippen molar-refractivity contribution in [3.05, 3.63) is 40.3 Å². The minimum absolute atomic E-state index is 0.0748. The lowest BCUT2D eigenvalue weighted by atomic mass is 10.1. The maximum Gasteiger partial charge on any atom is 0.354 e. The van der Waals surface area contributed by atoms with Gasteiger partial charge in [-0.25, -0.2) is 14.2 Å². The van der Waals surface area contributed by atoms with Gasteiger partial charge >= 0.3 is 5.97 Å². The smallest absolute Gasteiger partial charge is 0.354 e. The van der Waals surface area contributed by atoms with Crippen LogP contribution in [0.15, 0.2) is 28.9 Å². The van der Waals surface area contributed by atoms with E-state index in [1.165, 1.54) is 32.4 Å². The van der Waals surface area contributed by atoms with Gasteiger partial charge in [-0.05, 0) is 25.1 Å². The second-order valence-electron chi connectivity index (χ2n) is 4.80. The molecule has 1 aromatic carbocycles. The van der Waals surface area contributed by atoms with Gasteiger partial charge in [-0.15, -0.1) is 0 Å². The summed E-state index contributed by atoms with van der Waals surface area (Å²) in [7, 11) is 2.53. The Bertz CT molecular complexity index is 686. The first-order valence-corrected chi connectivity index (χ1v) is 6.66. The summed E-state index contributed by atoms with van der Waals surface area (Å²) in [6, 6.07) is 2.88. The Labute approximate surface area is 131 Å². The number of ether oxygens (including phenoxy) is 2. The van der Waals surface area contributed by atoms with E-state index in [2.05, 4.69) is 15.0 Å². The predicted octanol–water partition coefficient (Wildman–Crippen LogP) is 1.57. The SMILES string of the molecule is COC(=O)C1=CC(C)(N)N=C(c2ccc(Cl)c(OC)c2F)N1. The number of nitrogens with two attached hydrogens (primary N) is 1. The average Bonchev–Trinajstić information content (AvgIpc) is 2.45. The summed E-state index contributed by atoms with van der Waals surface area (Å²) in [6.45, 7) is 1.57. The topological polar surface area (TPSA) is 85.9 Å². The normalized spacial score (nSPS) is 20.6. The molecule has 0 saturated heterocycles. The Kier molecular flexibility index (Phi) is 4.39. The molecular weight excluding hydrogens is 313 g/mol. The van der Waals surface area contributed by atoms with Crippen molar-refractivity contribution in [2.24, 2.45) is 10.7 Å². The van der Waals surface area contributed by atoms with Gasteiger partial charge in [0.15, 0.2) is 11.6 Å². The zero-order valence-corrected chi connectivity index (χ0v) is 13.0. The number of aliphatic imine (C=N–C) groups is 1. The van der Waals surface area contributed by atoms with E-state index in [4.69, 9.17) is 22.1 Å². The minimum Gasteiger partial charge on any atom is -0.492 e. The molecule has 0 fully saturated rings. The molecule has 1 heterocycles. The highest BCUT2D eigenvalue weighted by Gasteiger charge is 2.28. The minimum atomic E-state index is -1.19. The zero-order chi connectivity index (χ0) is 16.5. The molecule has 3 N–H and O–H groups in total. The van der Waals surface area contributed by atoms with Crippen LogP contribution in [0, 0.1) is 5.82 Å². The van der Waals surface area contributed by atoms with Gasteiger partial charge in [0.1, 0.15) is 17.2 Å². The van der Waals surface area contributed by atoms with Crippen molar-refractivity contribution in [3.63, 3.8) is 0 Å². The number of carbonyl (C=O) groups is 1. The highest BCUT2D eigenvalue weighted by atomic mass is 35.5. The molecule has 2 rings (SSSR count). The second-order valence-corrected chi connectivity index (χ2v) is 5.21. The third kappa shape index (κ3) is 3.05. The van der Waals surface area contributed by atoms with E-state index in [1.807, 2.05) is 0 Å². The first kappa shape index (κ1) is 16.3. The van der Waals surface area contributed by atoms with Crippen LogP contribution in [-0.2, 0) is 9.53 Å². The highest BCUT2D eigenvalue weighted by molar-refractivity contribution is 6.32. The zero-order valence-electron chi connectivity index (χ0n) is 12.2. The van der Waals surface area contributed by atoms with Crippen LogP contribution in [0.4, 0.5) is 4.39 Å². The lowest BCUT2D eigenvalue weighted by Crippen LogP contribution is -2.43. The van der Waals surface area contributed by atoms with Crippen LogP contribution < -0.4 is 15.8 Å². The van der Waals surface area contributed by atoms with E-state index in [0.29, 0.717) is 0 Å². The molecule has 0 spiro atoms. The van der Waals surface area contributed by atoms with Gasteiger partial charge in [-0.1, -0.05) is 11.6 Å². The summed E-state index contributed by atoms with van der Waals surface area (Å²) in [4.78, 5) is 15.9. The fourth-order valence-corrected chi connectivity index (χ4v) is 2.23. The molecule has 6 nitrogen and oxygen atoms in total. The number of nitrogens with one attached hydrogen (secondary N) is 1. The molecule has 22 heavy (non-hydrogen) atoms. The summed E-state index contributed by atoms with van der Waals surface area (Å²) >= 11 is 5.86. The molecule has 118 valence electrons. The first-order chi connectivity index (χ1) is 10.3. The second kappa shape index (κ2) is 5.94. The lowest BCUT2D eigenvalue weighted by molar-refractivity contribution is -0.136. The van der Waals surface area contributed by atoms with E-state index in [-0.39, 0.29) is 27.9 Å². The maximum atomic E-state index is 14.5. The number of carbonyl (C=O) groups excluding carboxylic acids is 1. The van der Waals surface area contributed by atoms with Crippen molar-refractivity contribution in [1.29, 1.82) is 0 Å². The van der Waals surface area contributed by atoms with Crippen molar-refractivity contribution in [3.8, 4) is 5.75 Å². The van der Waals surface area contributed by atoms with Gasteiger partial charge in [0.2, 0.25) is 0 Å². The summed E-state index contributed by atoms with van der Waals surface area (Å²) in [5.74, 6) is -1.37. The molecule has 1 aliphatic rings. The Balaban J connectivity index is 2.50. The van der Waals surface area contributed by atoms with E-state index < -0.39 is 17.4 Å². The number of hydrogen-bond acceptors (Lipinski definition) is 6. The van der Waals surface area contributed by atoms with Gasteiger partial charge in [0.25, 0.3) is 0 Å². The quantitative estimate of drug-likeness (QED) is 0.823. The van der Waals surface area contributed by atoms with Crippen LogP contribution in [0.2, 0.25) is 5.02 Å². The van der Waals surface area contributed by atoms with Crippen LogP contribution in [0.3, 0.4) is 0 Å². The Hall–Kier alpha value is -2.12. The van der Waals surface area contributed by atoms with Gasteiger partial charge in [-0.2, -0.15) is 0 Å². The van der Waals surface area contributed by atoms with E-state index in [9.17, 15) is 9.18 Å². The van der Waals surface area contributed by atoms with Crippen LogP contribution in [-0.4, -0.2) is 31.7 Å². The molecule has 8 heteroatoms. The van der Waals surface area contributed by atoms with Crippen molar-refractivity contribution >= 4 is 23.4 Å². The Morgan fingerprint density at radius 1 is 1.45 bits per heavy atom. The monoisotopic (exact) mass is 327 g/mol. The number of halogens is 2. The van der Waals surface area contributed by atoms with E-state index in [1.54, 1.807) is 6.92 Å². The predicted molar refractivity (Wildman–Crippen MR) is 80.3 cm³/mol. The van der Waals surface area contributed by atoms with E-state index >= 15 is 0 Å². The van der Waals surface area contributed by atoms with Gasteiger partial charge in [0, 0.05) is 0 Å². The number of amidine groups is 1. The van der Waals surface area contributed by atoms with E-state index in [0.717, 1.165) is 0 Å². The summed E-state index contributed by atoms with van der Waals surface area (Å²) in [5, 5.41) is 2.83. The third-order valence-corrected chi connectivity index (χ3v) is 3.25. The van der Waals surface area contributed by atoms with Crippen LogP contribution >= 0.6 is 11.6 Å². The molecule has 1 unspecified atom stereocenters. The molecular formula is C14H15ClFN3O3. The van der Waals surface area contributed by atoms with Crippen molar-refractivity contribution in [2.45, 2.75) is 12.6 Å². The fraction of sp³-hybridized carbons (Fsp3) is 0.286. The summed E-state index contributed by atoms with van der Waals surface area (Å²) in [5.41, 5.74) is 4.91. The fourth-order valence-electron chi connectivity index (χ4n) is 2.01. The van der Waals surface area contributed by atoms with Crippen molar-refractivity contribution < 1.29 is 18.7 Å². The number of esters is 1. The number of rotatable bonds is 3. The maximum absolute atomic E-state index is 14.5. The average molecular weight is 328 g/mol. The molecule has 0 radical (unpaired) electrons. The lowest BCUT2D eigenvalue weighted by Gasteiger charge is -2.26. The third-order valence-electron chi connectivity index (χ3n) is 2.96. The molecule has 0 aliphatic carbocycles. The first-order valence-electron chi connectivity index (χ1n) is 6.28. The standard InChI is InChI=1S/C14H15ClFN3O3/c1-14(17)6-9(13(20)22-3)18-12(19-14)7-4-5-8(15)11(21-2)10(7)16/h4-6H,17H2,1-3H3,(H,18,19). The molecule has 0 aromatic heterocycles. The summed E-state index contributed by atoms with van der Waals surface area (Å²) < 4.78 is 24.0. The molecule has 0 amide bonds. The summed E-state index contributed by atoms with van der Waals surface area (Å²) in [6.07, 6.45) is 1.40. The van der Waals surface area contributed by atoms with Crippen LogP contribution in [0.1, 0.15) is 12.5 Å². The van der Waals surface area contributed by atoms with Crippen LogP contribution in [0.25, 0.3) is 0 Å². The number of methoxy groups -OCH3 is 2. The molecule has 1 aromatic rings. The number of nitrogens with zero attached hydrogens (tertiary/aromatic N) is 1. The highest BCUT2D eigenvalue weighted by Crippen LogP contribution is 2.30. The Morgan fingerprint density at radius 3 is 2.73 bits per heavy atom. The Morgan fingerprint density at radius 2 is 2.14 bits per heavy atom. The molecule has 0 saturated carbocycles. The number of benzene rings is 1. The largest absolute Gasteiger partial charge is 0.492 e. The molecule has 0 bridgehead atoms. The van der Waals surface area contributed by atoms with Crippen molar-refractivity contribution in [1.82, 2.24) is 5.32 Å². The van der Waals surface area contributed by atoms with Gasteiger partial charge < -0.3 is 20.5 Å². The van der Waals surface area contributed by atoms with Crippen molar-refractivity contribution in [2.75, 3.05) is 14.2 Å². The molecule has 1 atom stereocenters.